The number of nitrogens with zero attached hydrogens (tertiary/aromatic N) is 3. The molecule has 2 aromatic rings. The fraction of sp³-hybridized carbons (Fsp3) is 0.400. The van der Waals surface area contributed by atoms with E-state index in [1.807, 2.05) is 26.0 Å². The predicted molar refractivity (Wildman–Crippen MR) is 86.8 cm³/mol. The highest BCUT2D eigenvalue weighted by molar-refractivity contribution is 5.94. The Labute approximate surface area is 134 Å². The van der Waals surface area contributed by atoms with Gasteiger partial charge < -0.3 is 10.2 Å². The summed E-state index contributed by atoms with van der Waals surface area (Å²) in [4.78, 5) is 31.1. The summed E-state index contributed by atoms with van der Waals surface area (Å²) >= 11 is 0. The number of carbonyl (C=O) groups excluding carboxylic acids is 1. The van der Waals surface area contributed by atoms with Gasteiger partial charge in [-0.25, -0.2) is 4.98 Å². The van der Waals surface area contributed by atoms with Crippen molar-refractivity contribution in [2.75, 3.05) is 19.6 Å². The molecular formula is C15H19ClN4O2. The molecule has 22 heavy (non-hydrogen) atoms. The Hall–Kier alpha value is -1.92. The lowest BCUT2D eigenvalue weighted by atomic mass is 10.1. The number of aromatic nitrogens is 2. The van der Waals surface area contributed by atoms with Crippen LogP contribution in [0.4, 0.5) is 0 Å². The third-order valence-corrected chi connectivity index (χ3v) is 3.86. The van der Waals surface area contributed by atoms with Crippen LogP contribution in [0.2, 0.25) is 0 Å². The molecule has 1 atom stereocenters. The molecule has 1 aliphatic rings. The molecule has 0 spiro atoms. The fourth-order valence-electron chi connectivity index (χ4n) is 2.62. The molecule has 3 rings (SSSR count). The zero-order valence-electron chi connectivity index (χ0n) is 12.6. The summed E-state index contributed by atoms with van der Waals surface area (Å²) < 4.78 is 1.42. The first kappa shape index (κ1) is 16.5. The molecular weight excluding hydrogens is 304 g/mol. The summed E-state index contributed by atoms with van der Waals surface area (Å²) in [6, 6.07) is 3.73. The largest absolute Gasteiger partial charge is 0.333 e. The summed E-state index contributed by atoms with van der Waals surface area (Å²) in [5.41, 5.74) is 1.41. The number of hydrogen-bond acceptors (Lipinski definition) is 4. The number of carbonyl (C=O) groups is 1. The maximum atomic E-state index is 12.6. The SMILES string of the molecule is Cc1ccn2c(=O)c(C(=O)N3CCNCC3C)cnc2c1.Cl. The van der Waals surface area contributed by atoms with Gasteiger partial charge in [0.1, 0.15) is 11.2 Å². The quantitative estimate of drug-likeness (QED) is 0.845. The normalized spacial score (nSPS) is 18.1. The number of piperazine rings is 1. The molecule has 0 saturated carbocycles. The van der Waals surface area contributed by atoms with E-state index in [-0.39, 0.29) is 35.5 Å². The summed E-state index contributed by atoms with van der Waals surface area (Å²) in [6.45, 7) is 6.01. The van der Waals surface area contributed by atoms with Gasteiger partial charge in [-0.2, -0.15) is 0 Å². The van der Waals surface area contributed by atoms with Gasteiger partial charge in [-0.3, -0.25) is 14.0 Å². The second kappa shape index (κ2) is 6.46. The highest BCUT2D eigenvalue weighted by atomic mass is 35.5. The molecule has 2 aromatic heterocycles. The molecule has 0 aliphatic carbocycles. The topological polar surface area (TPSA) is 66.7 Å². The molecule has 1 amide bonds. The van der Waals surface area contributed by atoms with Crippen molar-refractivity contribution in [2.45, 2.75) is 19.9 Å². The van der Waals surface area contributed by atoms with E-state index in [0.29, 0.717) is 12.2 Å². The lowest BCUT2D eigenvalue weighted by molar-refractivity contribution is 0.0653. The minimum Gasteiger partial charge on any atom is -0.333 e. The van der Waals surface area contributed by atoms with Gasteiger partial charge in [0.05, 0.1) is 0 Å². The first-order chi connectivity index (χ1) is 10.1. The average Bonchev–Trinajstić information content (AvgIpc) is 2.47. The molecule has 1 saturated heterocycles. The van der Waals surface area contributed by atoms with E-state index in [4.69, 9.17) is 0 Å². The molecule has 0 radical (unpaired) electrons. The Balaban J connectivity index is 0.00000176. The molecule has 6 nitrogen and oxygen atoms in total. The number of pyridine rings is 1. The number of hydrogen-bond donors (Lipinski definition) is 1. The number of aryl methyl sites for hydroxylation is 1. The van der Waals surface area contributed by atoms with Gasteiger partial charge in [0, 0.05) is 38.1 Å². The Morgan fingerprint density at radius 2 is 2.23 bits per heavy atom. The maximum absolute atomic E-state index is 12.6. The van der Waals surface area contributed by atoms with E-state index in [2.05, 4.69) is 10.3 Å². The van der Waals surface area contributed by atoms with Gasteiger partial charge in [0.2, 0.25) is 0 Å². The molecule has 118 valence electrons. The van der Waals surface area contributed by atoms with Gasteiger partial charge >= 0.3 is 0 Å². The Morgan fingerprint density at radius 1 is 1.45 bits per heavy atom. The summed E-state index contributed by atoms with van der Waals surface area (Å²) in [5, 5.41) is 3.23. The van der Waals surface area contributed by atoms with Crippen LogP contribution in [0.15, 0.2) is 29.3 Å². The highest BCUT2D eigenvalue weighted by Gasteiger charge is 2.26. The lowest BCUT2D eigenvalue weighted by Gasteiger charge is -2.33. The van der Waals surface area contributed by atoms with Crippen LogP contribution in [-0.4, -0.2) is 45.9 Å². The van der Waals surface area contributed by atoms with Crippen LogP contribution in [0.5, 0.6) is 0 Å². The summed E-state index contributed by atoms with van der Waals surface area (Å²) in [7, 11) is 0. The second-order valence-electron chi connectivity index (χ2n) is 5.46. The lowest BCUT2D eigenvalue weighted by Crippen LogP contribution is -2.53. The number of rotatable bonds is 1. The van der Waals surface area contributed by atoms with Gasteiger partial charge in [-0.1, -0.05) is 0 Å². The minimum absolute atomic E-state index is 0. The molecule has 0 bridgehead atoms. The average molecular weight is 323 g/mol. The van der Waals surface area contributed by atoms with Gasteiger partial charge in [-0.15, -0.1) is 12.4 Å². The zero-order chi connectivity index (χ0) is 15.0. The smallest absolute Gasteiger partial charge is 0.270 e. The van der Waals surface area contributed by atoms with Gasteiger partial charge in [0.15, 0.2) is 0 Å². The van der Waals surface area contributed by atoms with Crippen molar-refractivity contribution in [2.24, 2.45) is 0 Å². The second-order valence-corrected chi connectivity index (χ2v) is 5.46. The van der Waals surface area contributed by atoms with Crippen LogP contribution in [0.3, 0.4) is 0 Å². The van der Waals surface area contributed by atoms with Crippen LogP contribution in [0.25, 0.3) is 5.65 Å². The standard InChI is InChI=1S/C15H18N4O2.ClH/c1-10-3-5-19-13(7-10)17-9-12(15(19)21)14(20)18-6-4-16-8-11(18)2;/h3,5,7,9,11,16H,4,6,8H2,1-2H3;1H. The van der Waals surface area contributed by atoms with E-state index in [1.54, 1.807) is 11.1 Å². The predicted octanol–water partition coefficient (Wildman–Crippen LogP) is 0.859. The molecule has 1 unspecified atom stereocenters. The van der Waals surface area contributed by atoms with Crippen molar-refractivity contribution in [3.63, 3.8) is 0 Å². The Kier molecular flexibility index (Phi) is 4.83. The zero-order valence-corrected chi connectivity index (χ0v) is 13.4. The molecule has 1 N–H and O–H groups in total. The van der Waals surface area contributed by atoms with Crippen molar-refractivity contribution in [3.8, 4) is 0 Å². The molecule has 1 fully saturated rings. The van der Waals surface area contributed by atoms with E-state index in [9.17, 15) is 9.59 Å². The van der Waals surface area contributed by atoms with Crippen LogP contribution < -0.4 is 10.9 Å². The highest BCUT2D eigenvalue weighted by Crippen LogP contribution is 2.08. The van der Waals surface area contributed by atoms with Crippen LogP contribution in [-0.2, 0) is 0 Å². The van der Waals surface area contributed by atoms with E-state index in [1.165, 1.54) is 10.6 Å². The maximum Gasteiger partial charge on any atom is 0.270 e. The van der Waals surface area contributed by atoms with Crippen molar-refractivity contribution >= 4 is 24.0 Å². The fourth-order valence-corrected chi connectivity index (χ4v) is 2.62. The number of nitrogens with one attached hydrogen (secondary N) is 1. The van der Waals surface area contributed by atoms with Gasteiger partial charge in [-0.05, 0) is 31.5 Å². The molecule has 3 heterocycles. The van der Waals surface area contributed by atoms with E-state index >= 15 is 0 Å². The molecule has 0 aromatic carbocycles. The van der Waals surface area contributed by atoms with Crippen molar-refractivity contribution in [3.05, 3.63) is 46.0 Å². The van der Waals surface area contributed by atoms with Crippen LogP contribution >= 0.6 is 12.4 Å². The number of amides is 1. The molecule has 1 aliphatic heterocycles. The number of halogens is 1. The van der Waals surface area contributed by atoms with Crippen molar-refractivity contribution in [1.29, 1.82) is 0 Å². The van der Waals surface area contributed by atoms with Gasteiger partial charge in [0.25, 0.3) is 11.5 Å². The third kappa shape index (κ3) is 2.84. The number of fused-ring (bicyclic) bond motifs is 1. The minimum atomic E-state index is -0.310. The summed E-state index contributed by atoms with van der Waals surface area (Å²) in [6.07, 6.45) is 3.06. The monoisotopic (exact) mass is 322 g/mol. The summed E-state index contributed by atoms with van der Waals surface area (Å²) in [5.74, 6) is -0.239. The van der Waals surface area contributed by atoms with Crippen molar-refractivity contribution < 1.29 is 4.79 Å². The Morgan fingerprint density at radius 3 is 2.95 bits per heavy atom. The first-order valence-electron chi connectivity index (χ1n) is 7.07. The first-order valence-corrected chi connectivity index (χ1v) is 7.07. The third-order valence-electron chi connectivity index (χ3n) is 3.86. The van der Waals surface area contributed by atoms with Crippen LogP contribution in [0, 0.1) is 6.92 Å². The van der Waals surface area contributed by atoms with Crippen molar-refractivity contribution in [1.82, 2.24) is 19.6 Å². The van der Waals surface area contributed by atoms with E-state index in [0.717, 1.165) is 18.7 Å². The van der Waals surface area contributed by atoms with E-state index < -0.39 is 0 Å². The Bertz CT molecular complexity index is 759. The van der Waals surface area contributed by atoms with Crippen LogP contribution in [0.1, 0.15) is 22.8 Å². The molecule has 7 heteroatoms.